The molecule has 0 saturated heterocycles. The quantitative estimate of drug-likeness (QED) is 0.485. The fourth-order valence-electron chi connectivity index (χ4n) is 2.07. The minimum atomic E-state index is -0.0890. The van der Waals surface area contributed by atoms with E-state index in [1.807, 2.05) is 54.6 Å². The normalized spacial score (nSPS) is 10.7. The molecule has 6 heteroatoms. The number of thioether (sulfide) groups is 2. The summed E-state index contributed by atoms with van der Waals surface area (Å²) in [5, 5.41) is 3.44. The number of benzene rings is 2. The third kappa shape index (κ3) is 4.21. The highest BCUT2D eigenvalue weighted by atomic mass is 32.2. The second-order valence-corrected chi connectivity index (χ2v) is 6.87. The number of nitrogens with zero attached hydrogens (tertiary/aromatic N) is 1. The van der Waals surface area contributed by atoms with E-state index in [-0.39, 0.29) is 11.7 Å². The number of amides is 1. The Labute approximate surface area is 148 Å². The Morgan fingerprint density at radius 3 is 2.79 bits per heavy atom. The molecule has 2 aromatic carbocycles. The second-order valence-electron chi connectivity index (χ2n) is 4.88. The van der Waals surface area contributed by atoms with Crippen molar-refractivity contribution >= 4 is 46.2 Å². The minimum Gasteiger partial charge on any atom is -0.431 e. The lowest BCUT2D eigenvalue weighted by molar-refractivity contribution is -0.113. The molecule has 1 amide bonds. The third-order valence-corrected chi connectivity index (χ3v) is 5.02. The predicted octanol–water partition coefficient (Wildman–Crippen LogP) is 4.84. The molecule has 0 spiro atoms. The number of oxazole rings is 1. The van der Waals surface area contributed by atoms with E-state index in [1.165, 1.54) is 11.8 Å². The molecule has 4 nitrogen and oxygen atoms in total. The van der Waals surface area contributed by atoms with Gasteiger partial charge >= 0.3 is 0 Å². The number of aromatic nitrogens is 1. The Balaban J connectivity index is 1.60. The summed E-state index contributed by atoms with van der Waals surface area (Å²) in [6.07, 6.45) is 1.84. The van der Waals surface area contributed by atoms with Gasteiger partial charge in [0.15, 0.2) is 5.58 Å². The third-order valence-electron chi connectivity index (χ3n) is 3.12. The van der Waals surface area contributed by atoms with Gasteiger partial charge in [0, 0.05) is 10.6 Å². The first-order valence-electron chi connectivity index (χ1n) is 7.37. The average molecular weight is 356 g/mol. The Bertz CT molecular complexity index is 828. The number of para-hydroxylation sites is 3. The van der Waals surface area contributed by atoms with Crippen LogP contribution in [0.4, 0.5) is 5.69 Å². The highest BCUT2D eigenvalue weighted by Gasteiger charge is 2.11. The Morgan fingerprint density at radius 2 is 1.96 bits per heavy atom. The zero-order chi connectivity index (χ0) is 16.8. The lowest BCUT2D eigenvalue weighted by atomic mass is 10.3. The van der Waals surface area contributed by atoms with Crippen molar-refractivity contribution in [1.29, 1.82) is 0 Å². The zero-order valence-corrected chi connectivity index (χ0v) is 14.5. The Kier molecular flexibility index (Phi) is 5.61. The number of carbonyl (C=O) groups is 1. The van der Waals surface area contributed by atoms with Gasteiger partial charge in [-0.25, -0.2) is 4.98 Å². The van der Waals surface area contributed by atoms with Gasteiger partial charge in [0.1, 0.15) is 5.52 Å². The smallest absolute Gasteiger partial charge is 0.257 e. The molecule has 24 heavy (non-hydrogen) atoms. The molecule has 3 aromatic rings. The molecule has 0 unspecified atom stereocenters. The summed E-state index contributed by atoms with van der Waals surface area (Å²) < 4.78 is 5.60. The fourth-order valence-corrected chi connectivity index (χ4v) is 3.46. The number of hydrogen-bond donors (Lipinski definition) is 1. The van der Waals surface area contributed by atoms with Crippen LogP contribution < -0.4 is 5.32 Å². The van der Waals surface area contributed by atoms with Crippen LogP contribution in [0.15, 0.2) is 75.7 Å². The number of anilines is 1. The Hall–Kier alpha value is -2.18. The first-order chi connectivity index (χ1) is 11.8. The topological polar surface area (TPSA) is 55.1 Å². The molecule has 122 valence electrons. The van der Waals surface area contributed by atoms with E-state index in [9.17, 15) is 4.79 Å². The van der Waals surface area contributed by atoms with Crippen LogP contribution in [0.2, 0.25) is 0 Å². The van der Waals surface area contributed by atoms with E-state index >= 15 is 0 Å². The molecule has 0 saturated carbocycles. The van der Waals surface area contributed by atoms with Crippen molar-refractivity contribution in [2.75, 3.05) is 16.8 Å². The van der Waals surface area contributed by atoms with Crippen molar-refractivity contribution in [3.8, 4) is 0 Å². The molecule has 0 bridgehead atoms. The van der Waals surface area contributed by atoms with Crippen LogP contribution in [0.3, 0.4) is 0 Å². The van der Waals surface area contributed by atoms with Crippen molar-refractivity contribution < 1.29 is 9.21 Å². The number of carbonyl (C=O) groups excluding carboxylic acids is 1. The van der Waals surface area contributed by atoms with Gasteiger partial charge in [0.2, 0.25) is 5.91 Å². The Morgan fingerprint density at radius 1 is 1.17 bits per heavy atom. The first kappa shape index (κ1) is 16.7. The van der Waals surface area contributed by atoms with E-state index in [2.05, 4.69) is 16.9 Å². The number of nitrogens with one attached hydrogen (secondary N) is 1. The van der Waals surface area contributed by atoms with Crippen LogP contribution in [0.5, 0.6) is 0 Å². The monoisotopic (exact) mass is 356 g/mol. The maximum absolute atomic E-state index is 12.2. The molecular weight excluding hydrogens is 340 g/mol. The largest absolute Gasteiger partial charge is 0.431 e. The number of rotatable bonds is 7. The van der Waals surface area contributed by atoms with Gasteiger partial charge in [0.25, 0.3) is 5.22 Å². The van der Waals surface area contributed by atoms with E-state index in [0.29, 0.717) is 5.22 Å². The van der Waals surface area contributed by atoms with E-state index < -0.39 is 0 Å². The molecule has 0 fully saturated rings. The highest BCUT2D eigenvalue weighted by Crippen LogP contribution is 2.28. The van der Waals surface area contributed by atoms with E-state index in [0.717, 1.165) is 27.4 Å². The molecule has 0 aliphatic rings. The summed E-state index contributed by atoms with van der Waals surface area (Å²) in [5.74, 6) is 0.951. The molecule has 0 aliphatic heterocycles. The van der Waals surface area contributed by atoms with Gasteiger partial charge < -0.3 is 9.73 Å². The molecule has 1 N–H and O–H groups in total. The van der Waals surface area contributed by atoms with Crippen LogP contribution in [0, 0.1) is 0 Å². The number of hydrogen-bond acceptors (Lipinski definition) is 5. The SMILES string of the molecule is C=CCSc1ccccc1NC(=O)CSc1nc2ccccc2o1. The van der Waals surface area contributed by atoms with Crippen LogP contribution in [-0.4, -0.2) is 22.4 Å². The fraction of sp³-hybridized carbons (Fsp3) is 0.111. The van der Waals surface area contributed by atoms with Crippen molar-refractivity contribution in [3.05, 3.63) is 61.2 Å². The van der Waals surface area contributed by atoms with Crippen LogP contribution in [-0.2, 0) is 4.79 Å². The molecule has 0 radical (unpaired) electrons. The maximum Gasteiger partial charge on any atom is 0.257 e. The lowest BCUT2D eigenvalue weighted by Gasteiger charge is -2.09. The van der Waals surface area contributed by atoms with Crippen molar-refractivity contribution in [1.82, 2.24) is 4.98 Å². The molecule has 0 aliphatic carbocycles. The van der Waals surface area contributed by atoms with Crippen LogP contribution in [0.1, 0.15) is 0 Å². The zero-order valence-electron chi connectivity index (χ0n) is 12.9. The van der Waals surface area contributed by atoms with Crippen molar-refractivity contribution in [2.45, 2.75) is 10.1 Å². The summed E-state index contributed by atoms with van der Waals surface area (Å²) in [5.41, 5.74) is 2.34. The molecule has 3 rings (SSSR count). The molecule has 1 aromatic heterocycles. The van der Waals surface area contributed by atoms with E-state index in [1.54, 1.807) is 11.8 Å². The first-order valence-corrected chi connectivity index (χ1v) is 9.34. The van der Waals surface area contributed by atoms with Crippen molar-refractivity contribution in [2.24, 2.45) is 0 Å². The summed E-state index contributed by atoms with van der Waals surface area (Å²) in [6.45, 7) is 3.72. The number of fused-ring (bicyclic) bond motifs is 1. The summed E-state index contributed by atoms with van der Waals surface area (Å²) in [6, 6.07) is 15.3. The minimum absolute atomic E-state index is 0.0890. The second kappa shape index (κ2) is 8.08. The van der Waals surface area contributed by atoms with Gasteiger partial charge in [0.05, 0.1) is 11.4 Å². The maximum atomic E-state index is 12.2. The predicted molar refractivity (Wildman–Crippen MR) is 101 cm³/mol. The molecule has 0 atom stereocenters. The van der Waals surface area contributed by atoms with Gasteiger partial charge in [-0.15, -0.1) is 18.3 Å². The van der Waals surface area contributed by atoms with Gasteiger partial charge in [-0.3, -0.25) is 4.79 Å². The van der Waals surface area contributed by atoms with Crippen LogP contribution in [0.25, 0.3) is 11.1 Å². The highest BCUT2D eigenvalue weighted by molar-refractivity contribution is 8.00. The van der Waals surface area contributed by atoms with Gasteiger partial charge in [-0.1, -0.05) is 42.1 Å². The molecular formula is C18H16N2O2S2. The standard InChI is InChI=1S/C18H16N2O2S2/c1-2-11-23-16-10-6-4-8-14(16)19-17(21)12-24-18-20-13-7-3-5-9-15(13)22-18/h2-10H,1,11-12H2,(H,19,21). The van der Waals surface area contributed by atoms with Crippen molar-refractivity contribution in [3.63, 3.8) is 0 Å². The summed E-state index contributed by atoms with van der Waals surface area (Å²) in [4.78, 5) is 17.6. The van der Waals surface area contributed by atoms with Crippen LogP contribution >= 0.6 is 23.5 Å². The summed E-state index contributed by atoms with van der Waals surface area (Å²) in [7, 11) is 0. The average Bonchev–Trinajstić information content (AvgIpc) is 3.02. The van der Waals surface area contributed by atoms with Gasteiger partial charge in [-0.05, 0) is 24.3 Å². The molecule has 1 heterocycles. The lowest BCUT2D eigenvalue weighted by Crippen LogP contribution is -2.14. The van der Waals surface area contributed by atoms with E-state index in [4.69, 9.17) is 4.42 Å². The summed E-state index contributed by atoms with van der Waals surface area (Å²) >= 11 is 2.92. The van der Waals surface area contributed by atoms with Gasteiger partial charge in [-0.2, -0.15) is 0 Å².